The second-order valence-corrected chi connectivity index (χ2v) is 6.76. The second-order valence-electron chi connectivity index (χ2n) is 6.76. The van der Waals surface area contributed by atoms with Gasteiger partial charge in [-0.05, 0) is 6.42 Å². The Bertz CT molecular complexity index is 414. The highest BCUT2D eigenvalue weighted by molar-refractivity contribution is 6.07. The van der Waals surface area contributed by atoms with Crippen LogP contribution in [0.3, 0.4) is 0 Å². The van der Waals surface area contributed by atoms with Crippen LogP contribution in [0.25, 0.3) is 0 Å². The van der Waals surface area contributed by atoms with Gasteiger partial charge < -0.3 is 30.6 Å². The van der Waals surface area contributed by atoms with Gasteiger partial charge in [-0.2, -0.15) is 0 Å². The molecule has 26 heavy (non-hydrogen) atoms. The number of carbonyl (C=O) groups excluding carboxylic acids is 1. The summed E-state index contributed by atoms with van der Waals surface area (Å²) in [5, 5.41) is 56.8. The molecule has 0 aromatic rings. The number of carbonyl (C=O) groups is 2. The molecule has 4 unspecified atom stereocenters. The van der Waals surface area contributed by atoms with Crippen LogP contribution < -0.4 is 0 Å². The van der Waals surface area contributed by atoms with E-state index in [9.17, 15) is 30.0 Å². The summed E-state index contributed by atoms with van der Waals surface area (Å²) in [5.41, 5.74) is -3.23. The van der Waals surface area contributed by atoms with Gasteiger partial charge in [0.2, 0.25) is 5.60 Å². The van der Waals surface area contributed by atoms with Gasteiger partial charge in [-0.1, -0.05) is 58.3 Å². The molecule has 0 aromatic carbocycles. The fourth-order valence-electron chi connectivity index (χ4n) is 2.76. The van der Waals surface area contributed by atoms with Crippen molar-refractivity contribution in [2.75, 3.05) is 6.61 Å². The minimum Gasteiger partial charge on any atom is -0.479 e. The monoisotopic (exact) mass is 378 g/mol. The summed E-state index contributed by atoms with van der Waals surface area (Å²) >= 11 is 0. The Morgan fingerprint density at radius 3 is 1.77 bits per heavy atom. The lowest BCUT2D eigenvalue weighted by molar-refractivity contribution is -0.193. The zero-order valence-electron chi connectivity index (χ0n) is 15.5. The summed E-state index contributed by atoms with van der Waals surface area (Å²) in [6.45, 7) is 1.19. The molecule has 0 rings (SSSR count). The molecule has 0 saturated heterocycles. The van der Waals surface area contributed by atoms with Crippen LogP contribution in [0.15, 0.2) is 0 Å². The highest BCUT2D eigenvalue weighted by Gasteiger charge is 2.53. The average molecular weight is 378 g/mol. The number of hydrogen-bond donors (Lipinski definition) is 6. The lowest BCUT2D eigenvalue weighted by Gasteiger charge is -2.32. The van der Waals surface area contributed by atoms with E-state index < -0.39 is 42.3 Å². The summed E-state index contributed by atoms with van der Waals surface area (Å²) in [5.74, 6) is -3.14. The number of carboxylic acids is 1. The maximum absolute atomic E-state index is 12.1. The fourth-order valence-corrected chi connectivity index (χ4v) is 2.76. The topological polar surface area (TPSA) is 156 Å². The van der Waals surface area contributed by atoms with Crippen molar-refractivity contribution in [3.63, 3.8) is 0 Å². The van der Waals surface area contributed by atoms with E-state index in [2.05, 4.69) is 6.92 Å². The molecule has 0 aliphatic rings. The largest absolute Gasteiger partial charge is 0.479 e. The Labute approximate surface area is 154 Å². The van der Waals surface area contributed by atoms with Crippen molar-refractivity contribution in [2.24, 2.45) is 0 Å². The first-order chi connectivity index (χ1) is 12.2. The van der Waals surface area contributed by atoms with E-state index in [1.807, 2.05) is 0 Å². The quantitative estimate of drug-likeness (QED) is 0.166. The molecule has 6 N–H and O–H groups in total. The summed E-state index contributed by atoms with van der Waals surface area (Å²) in [6.07, 6.45) is 2.08. The minimum atomic E-state index is -3.23. The van der Waals surface area contributed by atoms with E-state index >= 15 is 0 Å². The van der Waals surface area contributed by atoms with Crippen LogP contribution in [0.5, 0.6) is 0 Å². The van der Waals surface area contributed by atoms with Gasteiger partial charge in [0.05, 0.1) is 6.61 Å². The predicted molar refractivity (Wildman–Crippen MR) is 94.5 cm³/mol. The Kier molecular flexibility index (Phi) is 12.6. The van der Waals surface area contributed by atoms with Crippen LogP contribution in [-0.4, -0.2) is 72.9 Å². The van der Waals surface area contributed by atoms with Crippen LogP contribution in [0.4, 0.5) is 0 Å². The molecule has 0 saturated carbocycles. The first-order valence-corrected chi connectivity index (χ1v) is 9.37. The van der Waals surface area contributed by atoms with E-state index in [0.717, 1.165) is 19.3 Å². The standard InChI is InChI=1S/C18H34O8/c1-2-3-4-5-6-7-8-9-10-11-14(21)18(26,17(24)25)16(23)15(22)13(20)12-19/h13,15-16,19-20,22-23,26H,2-12H2,1H3,(H,24,25). The third kappa shape index (κ3) is 7.67. The average Bonchev–Trinajstić information content (AvgIpc) is 2.63. The van der Waals surface area contributed by atoms with Crippen LogP contribution in [-0.2, 0) is 9.59 Å². The molecule has 0 aliphatic heterocycles. The number of hydrogen-bond acceptors (Lipinski definition) is 7. The predicted octanol–water partition coefficient (Wildman–Crippen LogP) is 0.367. The molecule has 0 bridgehead atoms. The molecule has 0 radical (unpaired) electrons. The summed E-state index contributed by atoms with van der Waals surface area (Å²) in [7, 11) is 0. The number of ketones is 1. The number of aliphatic hydroxyl groups excluding tert-OH is 4. The third-order valence-corrected chi connectivity index (χ3v) is 4.59. The summed E-state index contributed by atoms with van der Waals surface area (Å²) < 4.78 is 0. The Morgan fingerprint density at radius 2 is 1.35 bits per heavy atom. The number of unbranched alkanes of at least 4 members (excludes halogenated alkanes) is 8. The van der Waals surface area contributed by atoms with Crippen LogP contribution in [0.2, 0.25) is 0 Å². The number of aliphatic hydroxyl groups is 5. The number of aliphatic carboxylic acids is 1. The molecular weight excluding hydrogens is 344 g/mol. The molecule has 0 aliphatic carbocycles. The maximum Gasteiger partial charge on any atom is 0.346 e. The SMILES string of the molecule is CCCCCCCCCCCC(=O)C(O)(C(=O)O)C(O)C(O)C(O)CO. The second kappa shape index (κ2) is 13.2. The Hall–Kier alpha value is -1.06. The smallest absolute Gasteiger partial charge is 0.346 e. The van der Waals surface area contributed by atoms with Gasteiger partial charge in [-0.3, -0.25) is 4.79 Å². The van der Waals surface area contributed by atoms with Crippen LogP contribution >= 0.6 is 0 Å². The van der Waals surface area contributed by atoms with Crippen molar-refractivity contribution >= 4 is 11.8 Å². The molecule has 8 heteroatoms. The van der Waals surface area contributed by atoms with Gasteiger partial charge in [0.1, 0.15) is 18.3 Å². The van der Waals surface area contributed by atoms with Gasteiger partial charge >= 0.3 is 5.97 Å². The molecule has 0 fully saturated rings. The van der Waals surface area contributed by atoms with Gasteiger partial charge in [-0.15, -0.1) is 0 Å². The van der Waals surface area contributed by atoms with E-state index in [0.29, 0.717) is 12.8 Å². The van der Waals surface area contributed by atoms with Crippen molar-refractivity contribution in [2.45, 2.75) is 95.0 Å². The highest BCUT2D eigenvalue weighted by atomic mass is 16.4. The van der Waals surface area contributed by atoms with E-state index in [4.69, 9.17) is 10.2 Å². The Balaban J connectivity index is 4.41. The van der Waals surface area contributed by atoms with Gasteiger partial charge in [0.25, 0.3) is 0 Å². The van der Waals surface area contributed by atoms with Crippen LogP contribution in [0.1, 0.15) is 71.1 Å². The van der Waals surface area contributed by atoms with Crippen LogP contribution in [0, 0.1) is 0 Å². The molecule has 0 amide bonds. The summed E-state index contributed by atoms with van der Waals surface area (Å²) in [6, 6.07) is 0. The van der Waals surface area contributed by atoms with E-state index in [1.165, 1.54) is 25.7 Å². The van der Waals surface area contributed by atoms with Gasteiger partial charge in [0.15, 0.2) is 5.78 Å². The molecule has 154 valence electrons. The molecule has 4 atom stereocenters. The van der Waals surface area contributed by atoms with Crippen molar-refractivity contribution < 1.29 is 40.2 Å². The van der Waals surface area contributed by atoms with Gasteiger partial charge in [0, 0.05) is 6.42 Å². The van der Waals surface area contributed by atoms with Crippen molar-refractivity contribution in [1.29, 1.82) is 0 Å². The fraction of sp³-hybridized carbons (Fsp3) is 0.889. The minimum absolute atomic E-state index is 0.266. The third-order valence-electron chi connectivity index (χ3n) is 4.59. The van der Waals surface area contributed by atoms with E-state index in [1.54, 1.807) is 0 Å². The van der Waals surface area contributed by atoms with Crippen molar-refractivity contribution in [3.05, 3.63) is 0 Å². The number of rotatable bonds is 16. The van der Waals surface area contributed by atoms with Crippen molar-refractivity contribution in [1.82, 2.24) is 0 Å². The Morgan fingerprint density at radius 1 is 0.885 bits per heavy atom. The molecule has 8 nitrogen and oxygen atoms in total. The molecular formula is C18H34O8. The number of Topliss-reactive ketones (excluding diaryl/α,β-unsaturated/α-hetero) is 1. The molecule has 0 spiro atoms. The molecule has 0 heterocycles. The zero-order valence-corrected chi connectivity index (χ0v) is 15.5. The first kappa shape index (κ1) is 24.9. The maximum atomic E-state index is 12.1. The molecule has 0 aromatic heterocycles. The lowest BCUT2D eigenvalue weighted by Crippen LogP contribution is -2.62. The number of carboxylic acid groups (broad SMARTS) is 1. The summed E-state index contributed by atoms with van der Waals surface area (Å²) in [4.78, 5) is 23.4. The normalized spacial score (nSPS) is 17.3. The zero-order chi connectivity index (χ0) is 20.2. The van der Waals surface area contributed by atoms with Gasteiger partial charge in [-0.25, -0.2) is 4.79 Å². The lowest BCUT2D eigenvalue weighted by atomic mass is 9.84. The highest BCUT2D eigenvalue weighted by Crippen LogP contribution is 2.21. The van der Waals surface area contributed by atoms with Crippen molar-refractivity contribution in [3.8, 4) is 0 Å². The van der Waals surface area contributed by atoms with E-state index in [-0.39, 0.29) is 6.42 Å². The first-order valence-electron chi connectivity index (χ1n) is 9.37.